The van der Waals surface area contributed by atoms with E-state index in [9.17, 15) is 14.3 Å². The molecule has 1 aliphatic heterocycles. The summed E-state index contributed by atoms with van der Waals surface area (Å²) in [6.07, 6.45) is -1.08. The zero-order chi connectivity index (χ0) is 16.0. The van der Waals surface area contributed by atoms with Gasteiger partial charge < -0.3 is 10.0 Å². The first-order valence-electron chi connectivity index (χ1n) is 7.43. The maximum atomic E-state index is 13.8. The van der Waals surface area contributed by atoms with Crippen molar-refractivity contribution in [3.05, 3.63) is 77.6 Å². The minimum atomic E-state index is -1.08. The van der Waals surface area contributed by atoms with Gasteiger partial charge in [0.25, 0.3) is 5.91 Å². The maximum Gasteiger partial charge on any atom is 0.259 e. The van der Waals surface area contributed by atoms with E-state index in [4.69, 9.17) is 0 Å². The van der Waals surface area contributed by atoms with Crippen molar-refractivity contribution in [2.45, 2.75) is 6.10 Å². The van der Waals surface area contributed by atoms with Crippen LogP contribution in [0.2, 0.25) is 0 Å². The van der Waals surface area contributed by atoms with Crippen LogP contribution in [0, 0.1) is 5.82 Å². The summed E-state index contributed by atoms with van der Waals surface area (Å²) in [5.41, 5.74) is 1.58. The average molecular weight is 307 g/mol. The van der Waals surface area contributed by atoms with E-state index in [1.807, 2.05) is 30.3 Å². The summed E-state index contributed by atoms with van der Waals surface area (Å²) in [4.78, 5) is 14.2. The van der Waals surface area contributed by atoms with E-state index in [-0.39, 0.29) is 18.0 Å². The molecule has 23 heavy (non-hydrogen) atoms. The van der Waals surface area contributed by atoms with Gasteiger partial charge in [-0.2, -0.15) is 0 Å². The number of aliphatic hydroxyl groups is 1. The van der Waals surface area contributed by atoms with Gasteiger partial charge in [-0.1, -0.05) is 42.5 Å². The fourth-order valence-corrected chi connectivity index (χ4v) is 3.18. The normalized spacial score (nSPS) is 14.5. The van der Waals surface area contributed by atoms with Crippen molar-refractivity contribution in [2.75, 3.05) is 11.4 Å². The molecule has 0 spiro atoms. The highest BCUT2D eigenvalue weighted by molar-refractivity contribution is 6.25. The second-order valence-corrected chi connectivity index (χ2v) is 5.63. The Balaban J connectivity index is 1.73. The number of halogens is 1. The number of amides is 1. The van der Waals surface area contributed by atoms with Crippen LogP contribution >= 0.6 is 0 Å². The van der Waals surface area contributed by atoms with Gasteiger partial charge in [0.2, 0.25) is 0 Å². The Kier molecular flexibility index (Phi) is 3.13. The Bertz CT molecular complexity index is 917. The molecular weight excluding hydrogens is 293 g/mol. The van der Waals surface area contributed by atoms with E-state index < -0.39 is 11.9 Å². The lowest BCUT2D eigenvalue weighted by Crippen LogP contribution is -2.31. The van der Waals surface area contributed by atoms with Crippen LogP contribution in [-0.4, -0.2) is 17.6 Å². The van der Waals surface area contributed by atoms with Crippen LogP contribution in [0.4, 0.5) is 10.1 Å². The van der Waals surface area contributed by atoms with E-state index in [1.54, 1.807) is 18.2 Å². The summed E-state index contributed by atoms with van der Waals surface area (Å²) >= 11 is 0. The summed E-state index contributed by atoms with van der Waals surface area (Å²) in [6, 6.07) is 17.3. The van der Waals surface area contributed by atoms with Crippen molar-refractivity contribution in [3.63, 3.8) is 0 Å². The molecule has 114 valence electrons. The van der Waals surface area contributed by atoms with Crippen LogP contribution in [0.5, 0.6) is 0 Å². The Labute approximate surface area is 132 Å². The van der Waals surface area contributed by atoms with Crippen LogP contribution in [-0.2, 0) is 0 Å². The molecule has 4 rings (SSSR count). The van der Waals surface area contributed by atoms with E-state index in [1.165, 1.54) is 17.0 Å². The molecule has 1 N–H and O–H groups in total. The first-order valence-corrected chi connectivity index (χ1v) is 7.43. The van der Waals surface area contributed by atoms with Crippen LogP contribution in [0.3, 0.4) is 0 Å². The topological polar surface area (TPSA) is 40.5 Å². The summed E-state index contributed by atoms with van der Waals surface area (Å²) in [7, 11) is 0. The molecule has 0 saturated carbocycles. The van der Waals surface area contributed by atoms with E-state index in [0.29, 0.717) is 5.56 Å². The largest absolute Gasteiger partial charge is 0.386 e. The molecule has 1 heterocycles. The zero-order valence-corrected chi connectivity index (χ0v) is 12.2. The molecule has 0 aliphatic carbocycles. The Hall–Kier alpha value is -2.72. The Morgan fingerprint density at radius 3 is 2.52 bits per heavy atom. The third kappa shape index (κ3) is 2.11. The van der Waals surface area contributed by atoms with Crippen molar-refractivity contribution in [1.82, 2.24) is 0 Å². The second kappa shape index (κ2) is 5.18. The van der Waals surface area contributed by atoms with Crippen molar-refractivity contribution in [2.24, 2.45) is 0 Å². The molecule has 3 nitrogen and oxygen atoms in total. The predicted molar refractivity (Wildman–Crippen MR) is 87.0 cm³/mol. The van der Waals surface area contributed by atoms with Gasteiger partial charge in [-0.15, -0.1) is 0 Å². The van der Waals surface area contributed by atoms with Crippen molar-refractivity contribution in [1.29, 1.82) is 0 Å². The molecule has 3 aromatic rings. The van der Waals surface area contributed by atoms with Crippen LogP contribution in [0.1, 0.15) is 22.0 Å². The molecule has 3 aromatic carbocycles. The summed E-state index contributed by atoms with van der Waals surface area (Å²) in [5.74, 6) is -0.630. The highest BCUT2D eigenvalue weighted by Crippen LogP contribution is 2.38. The lowest BCUT2D eigenvalue weighted by Gasteiger charge is -2.22. The fraction of sp³-hybridized carbons (Fsp3) is 0.105. The third-order valence-electron chi connectivity index (χ3n) is 4.27. The molecule has 0 unspecified atom stereocenters. The number of anilines is 1. The van der Waals surface area contributed by atoms with E-state index in [2.05, 4.69) is 0 Å². The van der Waals surface area contributed by atoms with Gasteiger partial charge in [0.1, 0.15) is 5.82 Å². The molecule has 0 radical (unpaired) electrons. The number of rotatable bonds is 3. The highest BCUT2D eigenvalue weighted by Gasteiger charge is 2.31. The first-order chi connectivity index (χ1) is 11.2. The lowest BCUT2D eigenvalue weighted by molar-refractivity contribution is 0.0968. The van der Waals surface area contributed by atoms with Gasteiger partial charge in [0.15, 0.2) is 0 Å². The van der Waals surface area contributed by atoms with Crippen molar-refractivity contribution in [3.8, 4) is 0 Å². The number of carbonyl (C=O) groups is 1. The van der Waals surface area contributed by atoms with Gasteiger partial charge in [0, 0.05) is 16.5 Å². The van der Waals surface area contributed by atoms with E-state index in [0.717, 1.165) is 16.5 Å². The molecule has 4 heteroatoms. The molecule has 1 amide bonds. The maximum absolute atomic E-state index is 13.8. The predicted octanol–water partition coefficient (Wildman–Crippen LogP) is 3.67. The Morgan fingerprint density at radius 1 is 1.00 bits per heavy atom. The van der Waals surface area contributed by atoms with Gasteiger partial charge in [0.05, 0.1) is 18.3 Å². The SMILES string of the molecule is O=C1c2cccc3cccc(c23)N1C[C@H](O)c1ccccc1F. The minimum Gasteiger partial charge on any atom is -0.386 e. The lowest BCUT2D eigenvalue weighted by atomic mass is 10.1. The molecular formula is C19H14FNO2. The standard InChI is InChI=1S/C19H14FNO2/c20-15-9-2-1-7-13(15)17(22)11-21-16-10-4-6-12-5-3-8-14(18(12)16)19(21)23/h1-10,17,22H,11H2/t17-/m0/s1. The number of β-amino-alcohol motifs (C(OH)–C–C–N with tert-alkyl or cyclic N) is 1. The van der Waals surface area contributed by atoms with Crippen LogP contribution in [0.25, 0.3) is 10.8 Å². The quantitative estimate of drug-likeness (QED) is 0.802. The van der Waals surface area contributed by atoms with Crippen LogP contribution in [0.15, 0.2) is 60.7 Å². The zero-order valence-electron chi connectivity index (χ0n) is 12.2. The summed E-state index contributed by atoms with van der Waals surface area (Å²) < 4.78 is 13.8. The third-order valence-corrected chi connectivity index (χ3v) is 4.27. The molecule has 0 fully saturated rings. The molecule has 0 saturated heterocycles. The number of aliphatic hydroxyl groups excluding tert-OH is 1. The first kappa shape index (κ1) is 13.9. The summed E-state index contributed by atoms with van der Waals surface area (Å²) in [5, 5.41) is 12.3. The fourth-order valence-electron chi connectivity index (χ4n) is 3.18. The molecule has 1 atom stereocenters. The number of carbonyl (C=O) groups excluding carboxylic acids is 1. The minimum absolute atomic E-state index is 0.0214. The van der Waals surface area contributed by atoms with Gasteiger partial charge in [-0.25, -0.2) is 4.39 Å². The van der Waals surface area contributed by atoms with Crippen molar-refractivity contribution >= 4 is 22.4 Å². The second-order valence-electron chi connectivity index (χ2n) is 5.63. The number of hydrogen-bond acceptors (Lipinski definition) is 2. The van der Waals surface area contributed by atoms with Gasteiger partial charge in [-0.05, 0) is 23.6 Å². The molecule has 0 aromatic heterocycles. The number of hydrogen-bond donors (Lipinski definition) is 1. The molecule has 0 bridgehead atoms. The average Bonchev–Trinajstić information content (AvgIpc) is 2.83. The Morgan fingerprint density at radius 2 is 1.74 bits per heavy atom. The summed E-state index contributed by atoms with van der Waals surface area (Å²) in [6.45, 7) is 0.0214. The van der Waals surface area contributed by atoms with Gasteiger partial charge in [-0.3, -0.25) is 4.79 Å². The monoisotopic (exact) mass is 307 g/mol. The molecule has 1 aliphatic rings. The van der Waals surface area contributed by atoms with Crippen molar-refractivity contribution < 1.29 is 14.3 Å². The van der Waals surface area contributed by atoms with Crippen LogP contribution < -0.4 is 4.90 Å². The number of benzene rings is 3. The van der Waals surface area contributed by atoms with E-state index >= 15 is 0 Å². The van der Waals surface area contributed by atoms with Gasteiger partial charge >= 0.3 is 0 Å². The number of nitrogens with zero attached hydrogens (tertiary/aromatic N) is 1. The smallest absolute Gasteiger partial charge is 0.259 e. The highest BCUT2D eigenvalue weighted by atomic mass is 19.1.